The summed E-state index contributed by atoms with van der Waals surface area (Å²) < 4.78 is 7.14. The molecular formula is C16H14BrN5O3. The van der Waals surface area contributed by atoms with Crippen molar-refractivity contribution < 1.29 is 14.0 Å². The minimum Gasteiger partial charge on any atom is -0.444 e. The second kappa shape index (κ2) is 7.31. The summed E-state index contributed by atoms with van der Waals surface area (Å²) in [5.74, 6) is -0.379. The number of carbonyl (C=O) groups is 2. The molecule has 9 heteroatoms. The van der Waals surface area contributed by atoms with Crippen molar-refractivity contribution in [2.75, 3.05) is 10.6 Å². The molecular weight excluding hydrogens is 390 g/mol. The van der Waals surface area contributed by atoms with E-state index in [0.717, 1.165) is 0 Å². The molecule has 1 atom stereocenters. The summed E-state index contributed by atoms with van der Waals surface area (Å²) in [4.78, 5) is 28.0. The molecule has 2 amide bonds. The number of carbonyl (C=O) groups excluding carboxylic acids is 2. The second-order valence-corrected chi connectivity index (χ2v) is 5.96. The molecule has 0 radical (unpaired) electrons. The van der Waals surface area contributed by atoms with E-state index < -0.39 is 6.04 Å². The second-order valence-electron chi connectivity index (χ2n) is 5.18. The van der Waals surface area contributed by atoms with Crippen LogP contribution in [0, 0.1) is 0 Å². The van der Waals surface area contributed by atoms with Gasteiger partial charge in [0.2, 0.25) is 5.91 Å². The Morgan fingerprint density at radius 1 is 1.12 bits per heavy atom. The largest absolute Gasteiger partial charge is 0.444 e. The number of rotatable bonds is 5. The molecule has 0 aliphatic rings. The Bertz CT molecular complexity index is 874. The number of hydrogen-bond donors (Lipinski definition) is 2. The lowest BCUT2D eigenvalue weighted by Crippen LogP contribution is -2.24. The van der Waals surface area contributed by atoms with E-state index in [1.54, 1.807) is 43.3 Å². The average molecular weight is 404 g/mol. The predicted molar refractivity (Wildman–Crippen MR) is 94.2 cm³/mol. The molecule has 1 aromatic carbocycles. The molecule has 0 aliphatic heterocycles. The van der Waals surface area contributed by atoms with Gasteiger partial charge >= 0.3 is 0 Å². The van der Waals surface area contributed by atoms with Crippen molar-refractivity contribution in [3.05, 3.63) is 59.5 Å². The highest BCUT2D eigenvalue weighted by molar-refractivity contribution is 9.10. The van der Waals surface area contributed by atoms with E-state index in [9.17, 15) is 9.59 Å². The normalized spacial score (nSPS) is 11.8. The number of nitrogens with one attached hydrogen (secondary N) is 2. The van der Waals surface area contributed by atoms with E-state index in [1.807, 2.05) is 0 Å². The number of amides is 2. The Balaban J connectivity index is 1.60. The zero-order valence-corrected chi connectivity index (χ0v) is 14.7. The highest BCUT2D eigenvalue weighted by atomic mass is 79.9. The first-order valence-corrected chi connectivity index (χ1v) is 8.14. The molecule has 3 rings (SSSR count). The summed E-state index contributed by atoms with van der Waals surface area (Å²) in [5, 5.41) is 9.43. The summed E-state index contributed by atoms with van der Waals surface area (Å²) in [5.41, 5.74) is 1.19. The molecule has 2 N–H and O–H groups in total. The fourth-order valence-corrected chi connectivity index (χ4v) is 2.36. The summed E-state index contributed by atoms with van der Waals surface area (Å²) in [6.07, 6.45) is 2.86. The maximum atomic E-state index is 12.2. The minimum atomic E-state index is -0.487. The van der Waals surface area contributed by atoms with Gasteiger partial charge in [-0.1, -0.05) is 0 Å². The van der Waals surface area contributed by atoms with Crippen LogP contribution in [0.5, 0.6) is 0 Å². The smallest absolute Gasteiger partial charge is 0.291 e. The Kier molecular flexibility index (Phi) is 4.94. The molecule has 0 bridgehead atoms. The first-order chi connectivity index (χ1) is 12.0. The summed E-state index contributed by atoms with van der Waals surface area (Å²) in [7, 11) is 0. The van der Waals surface area contributed by atoms with E-state index in [0.29, 0.717) is 16.0 Å². The number of aromatic nitrogens is 3. The van der Waals surface area contributed by atoms with Crippen molar-refractivity contribution >= 4 is 39.1 Å². The Morgan fingerprint density at radius 2 is 1.80 bits per heavy atom. The maximum absolute atomic E-state index is 12.2. The summed E-state index contributed by atoms with van der Waals surface area (Å²) >= 11 is 3.15. The molecule has 0 saturated heterocycles. The van der Waals surface area contributed by atoms with Gasteiger partial charge in [0.1, 0.15) is 18.7 Å². The van der Waals surface area contributed by atoms with Crippen molar-refractivity contribution in [3.63, 3.8) is 0 Å². The third-order valence-corrected chi connectivity index (χ3v) is 3.85. The van der Waals surface area contributed by atoms with Crippen LogP contribution in [0.1, 0.15) is 23.5 Å². The van der Waals surface area contributed by atoms with E-state index in [1.165, 1.54) is 17.3 Å². The molecule has 2 aromatic heterocycles. The van der Waals surface area contributed by atoms with Crippen LogP contribution >= 0.6 is 15.9 Å². The predicted octanol–water partition coefficient (Wildman–Crippen LogP) is 3.09. The average Bonchev–Trinajstić information content (AvgIpc) is 3.27. The fraction of sp³-hybridized carbons (Fsp3) is 0.125. The van der Waals surface area contributed by atoms with Crippen molar-refractivity contribution in [1.29, 1.82) is 0 Å². The Hall–Kier alpha value is -2.94. The van der Waals surface area contributed by atoms with Crippen molar-refractivity contribution in [1.82, 2.24) is 14.8 Å². The van der Waals surface area contributed by atoms with E-state index >= 15 is 0 Å². The number of anilines is 2. The molecule has 8 nitrogen and oxygen atoms in total. The van der Waals surface area contributed by atoms with Gasteiger partial charge in [0.15, 0.2) is 10.4 Å². The summed E-state index contributed by atoms with van der Waals surface area (Å²) in [6, 6.07) is 9.49. The molecule has 0 saturated carbocycles. The van der Waals surface area contributed by atoms with Gasteiger partial charge in [0.25, 0.3) is 5.91 Å². The van der Waals surface area contributed by atoms with E-state index in [-0.39, 0.29) is 17.6 Å². The van der Waals surface area contributed by atoms with Crippen LogP contribution in [0.4, 0.5) is 11.4 Å². The molecule has 2 heterocycles. The standard InChI is InChI=1S/C16H14BrN5O3/c1-10(22-9-18-8-19-22)15(23)20-11-2-4-12(5-3-11)21-16(24)13-6-7-14(17)25-13/h2-10H,1H3,(H,20,23)(H,21,24). The summed E-state index contributed by atoms with van der Waals surface area (Å²) in [6.45, 7) is 1.72. The molecule has 1 unspecified atom stereocenters. The highest BCUT2D eigenvalue weighted by Crippen LogP contribution is 2.18. The quantitative estimate of drug-likeness (QED) is 0.681. The van der Waals surface area contributed by atoms with Crippen LogP contribution < -0.4 is 10.6 Å². The van der Waals surface area contributed by atoms with Crippen LogP contribution in [-0.4, -0.2) is 26.6 Å². The van der Waals surface area contributed by atoms with Crippen LogP contribution in [0.15, 0.2) is 58.1 Å². The van der Waals surface area contributed by atoms with Gasteiger partial charge in [-0.25, -0.2) is 9.67 Å². The lowest BCUT2D eigenvalue weighted by Gasteiger charge is -2.12. The lowest BCUT2D eigenvalue weighted by molar-refractivity contribution is -0.119. The van der Waals surface area contributed by atoms with Gasteiger partial charge in [-0.3, -0.25) is 9.59 Å². The zero-order chi connectivity index (χ0) is 17.8. The lowest BCUT2D eigenvalue weighted by atomic mass is 10.2. The maximum Gasteiger partial charge on any atom is 0.291 e. The Labute approximate surface area is 151 Å². The number of nitrogens with zero attached hydrogens (tertiary/aromatic N) is 3. The van der Waals surface area contributed by atoms with Gasteiger partial charge in [-0.15, -0.1) is 0 Å². The van der Waals surface area contributed by atoms with Gasteiger partial charge in [-0.05, 0) is 59.3 Å². The monoisotopic (exact) mass is 403 g/mol. The van der Waals surface area contributed by atoms with Crippen molar-refractivity contribution in [2.45, 2.75) is 13.0 Å². The Morgan fingerprint density at radius 3 is 2.36 bits per heavy atom. The zero-order valence-electron chi connectivity index (χ0n) is 13.1. The van der Waals surface area contributed by atoms with E-state index in [2.05, 4.69) is 36.6 Å². The fourth-order valence-electron chi connectivity index (χ4n) is 2.05. The number of benzene rings is 1. The van der Waals surface area contributed by atoms with Gasteiger partial charge in [-0.2, -0.15) is 5.10 Å². The first kappa shape index (κ1) is 16.9. The molecule has 0 aliphatic carbocycles. The topological polar surface area (TPSA) is 102 Å². The number of hydrogen-bond acceptors (Lipinski definition) is 5. The molecule has 25 heavy (non-hydrogen) atoms. The van der Waals surface area contributed by atoms with E-state index in [4.69, 9.17) is 4.42 Å². The molecule has 0 spiro atoms. The van der Waals surface area contributed by atoms with Gasteiger partial charge in [0, 0.05) is 11.4 Å². The van der Waals surface area contributed by atoms with Crippen molar-refractivity contribution in [3.8, 4) is 0 Å². The van der Waals surface area contributed by atoms with Crippen LogP contribution in [0.25, 0.3) is 0 Å². The van der Waals surface area contributed by atoms with Crippen LogP contribution in [0.3, 0.4) is 0 Å². The SMILES string of the molecule is CC(C(=O)Nc1ccc(NC(=O)c2ccc(Br)o2)cc1)n1cncn1. The van der Waals surface area contributed by atoms with Crippen molar-refractivity contribution in [2.24, 2.45) is 0 Å². The minimum absolute atomic E-state index is 0.200. The van der Waals surface area contributed by atoms with Crippen LogP contribution in [-0.2, 0) is 4.79 Å². The number of halogens is 1. The van der Waals surface area contributed by atoms with Gasteiger partial charge < -0.3 is 15.1 Å². The molecule has 3 aromatic rings. The van der Waals surface area contributed by atoms with Gasteiger partial charge in [0.05, 0.1) is 0 Å². The third kappa shape index (κ3) is 4.13. The van der Waals surface area contributed by atoms with Crippen LogP contribution in [0.2, 0.25) is 0 Å². The highest BCUT2D eigenvalue weighted by Gasteiger charge is 2.15. The third-order valence-electron chi connectivity index (χ3n) is 3.42. The molecule has 128 valence electrons. The number of furan rings is 1. The first-order valence-electron chi connectivity index (χ1n) is 7.34. The molecule has 0 fully saturated rings.